The van der Waals surface area contributed by atoms with E-state index < -0.39 is 0 Å². The predicted octanol–water partition coefficient (Wildman–Crippen LogP) is 2.69. The molecule has 3 heteroatoms. The van der Waals surface area contributed by atoms with E-state index in [0.717, 1.165) is 22.3 Å². The van der Waals surface area contributed by atoms with Crippen molar-refractivity contribution in [1.29, 1.82) is 0 Å². The Kier molecular flexibility index (Phi) is 2.07. The standard InChI is InChI=1S/C13H9N3/c1-2-5-10(6-3-1)12-9-13-11(15-16-12)7-4-8-14-13/h1-9H. The van der Waals surface area contributed by atoms with Crippen LogP contribution in [0.4, 0.5) is 0 Å². The largest absolute Gasteiger partial charge is 0.254 e. The average molecular weight is 207 g/mol. The lowest BCUT2D eigenvalue weighted by atomic mass is 10.1. The average Bonchev–Trinajstić information content (AvgIpc) is 2.39. The number of nitrogens with zero attached hydrogens (tertiary/aromatic N) is 3. The van der Waals surface area contributed by atoms with Crippen LogP contribution in [-0.4, -0.2) is 15.2 Å². The van der Waals surface area contributed by atoms with Gasteiger partial charge in [0.05, 0.1) is 11.2 Å². The Morgan fingerprint density at radius 1 is 0.750 bits per heavy atom. The van der Waals surface area contributed by atoms with Crippen molar-refractivity contribution in [3.63, 3.8) is 0 Å². The van der Waals surface area contributed by atoms with E-state index in [-0.39, 0.29) is 0 Å². The van der Waals surface area contributed by atoms with Gasteiger partial charge in [0.1, 0.15) is 5.52 Å². The number of benzene rings is 1. The Bertz CT molecular complexity index is 620. The van der Waals surface area contributed by atoms with Crippen LogP contribution in [0.3, 0.4) is 0 Å². The van der Waals surface area contributed by atoms with Crippen molar-refractivity contribution in [3.8, 4) is 11.3 Å². The van der Waals surface area contributed by atoms with Gasteiger partial charge in [-0.05, 0) is 18.2 Å². The van der Waals surface area contributed by atoms with E-state index in [4.69, 9.17) is 0 Å². The molecule has 0 atom stereocenters. The van der Waals surface area contributed by atoms with Crippen LogP contribution in [0, 0.1) is 0 Å². The molecule has 0 N–H and O–H groups in total. The molecule has 0 aliphatic carbocycles. The van der Waals surface area contributed by atoms with Gasteiger partial charge in [0, 0.05) is 11.8 Å². The fourth-order valence-electron chi connectivity index (χ4n) is 1.62. The lowest BCUT2D eigenvalue weighted by molar-refractivity contribution is 1.08. The van der Waals surface area contributed by atoms with Crippen LogP contribution in [-0.2, 0) is 0 Å². The molecule has 0 saturated carbocycles. The van der Waals surface area contributed by atoms with Crippen LogP contribution in [0.1, 0.15) is 0 Å². The molecule has 0 saturated heterocycles. The van der Waals surface area contributed by atoms with Crippen molar-refractivity contribution in [2.45, 2.75) is 0 Å². The summed E-state index contributed by atoms with van der Waals surface area (Å²) >= 11 is 0. The Morgan fingerprint density at radius 2 is 1.62 bits per heavy atom. The van der Waals surface area contributed by atoms with Gasteiger partial charge in [-0.25, -0.2) is 0 Å². The van der Waals surface area contributed by atoms with Gasteiger partial charge >= 0.3 is 0 Å². The van der Waals surface area contributed by atoms with Gasteiger partial charge in [-0.3, -0.25) is 4.98 Å². The fourth-order valence-corrected chi connectivity index (χ4v) is 1.62. The highest BCUT2D eigenvalue weighted by Gasteiger charge is 2.01. The monoisotopic (exact) mass is 207 g/mol. The first-order chi connectivity index (χ1) is 7.93. The second-order valence-corrected chi connectivity index (χ2v) is 3.50. The van der Waals surface area contributed by atoms with Crippen LogP contribution in [0.15, 0.2) is 54.7 Å². The minimum absolute atomic E-state index is 0.821. The number of hydrogen-bond donors (Lipinski definition) is 0. The second kappa shape index (κ2) is 3.70. The van der Waals surface area contributed by atoms with E-state index in [0.29, 0.717) is 0 Å². The van der Waals surface area contributed by atoms with E-state index >= 15 is 0 Å². The van der Waals surface area contributed by atoms with E-state index in [1.54, 1.807) is 6.20 Å². The zero-order valence-electron chi connectivity index (χ0n) is 8.54. The Labute approximate surface area is 92.8 Å². The third kappa shape index (κ3) is 1.52. The minimum atomic E-state index is 0.821. The van der Waals surface area contributed by atoms with Crippen molar-refractivity contribution in [2.75, 3.05) is 0 Å². The number of fused-ring (bicyclic) bond motifs is 1. The second-order valence-electron chi connectivity index (χ2n) is 3.50. The van der Waals surface area contributed by atoms with E-state index in [1.165, 1.54) is 0 Å². The predicted molar refractivity (Wildman–Crippen MR) is 62.8 cm³/mol. The quantitative estimate of drug-likeness (QED) is 0.615. The van der Waals surface area contributed by atoms with Gasteiger partial charge < -0.3 is 0 Å². The third-order valence-corrected chi connectivity index (χ3v) is 2.42. The molecule has 3 nitrogen and oxygen atoms in total. The van der Waals surface area contributed by atoms with Gasteiger partial charge in [-0.1, -0.05) is 30.3 Å². The number of hydrogen-bond acceptors (Lipinski definition) is 3. The lowest BCUT2D eigenvalue weighted by Crippen LogP contribution is -1.90. The molecule has 0 aliphatic rings. The molecule has 0 fully saturated rings. The molecular formula is C13H9N3. The Hall–Kier alpha value is -2.29. The summed E-state index contributed by atoms with van der Waals surface area (Å²) in [7, 11) is 0. The maximum absolute atomic E-state index is 4.26. The van der Waals surface area contributed by atoms with Crippen molar-refractivity contribution in [2.24, 2.45) is 0 Å². The topological polar surface area (TPSA) is 38.7 Å². The highest BCUT2D eigenvalue weighted by molar-refractivity contribution is 5.77. The molecule has 0 amide bonds. The van der Waals surface area contributed by atoms with E-state index in [2.05, 4.69) is 15.2 Å². The first kappa shape index (κ1) is 8.97. The van der Waals surface area contributed by atoms with Gasteiger partial charge in [0.15, 0.2) is 0 Å². The maximum atomic E-state index is 4.26. The summed E-state index contributed by atoms with van der Waals surface area (Å²) in [5.74, 6) is 0. The molecular weight excluding hydrogens is 198 g/mol. The number of rotatable bonds is 1. The summed E-state index contributed by atoms with van der Waals surface area (Å²) in [6, 6.07) is 15.7. The molecule has 3 rings (SSSR count). The number of aromatic nitrogens is 3. The molecule has 0 unspecified atom stereocenters. The van der Waals surface area contributed by atoms with Crippen LogP contribution >= 0.6 is 0 Å². The molecule has 1 aromatic carbocycles. The molecule has 2 aromatic heterocycles. The summed E-state index contributed by atoms with van der Waals surface area (Å²) in [6.07, 6.45) is 1.76. The third-order valence-electron chi connectivity index (χ3n) is 2.42. The van der Waals surface area contributed by atoms with E-state index in [9.17, 15) is 0 Å². The van der Waals surface area contributed by atoms with Gasteiger partial charge in [0.2, 0.25) is 0 Å². The molecule has 0 radical (unpaired) electrons. The highest BCUT2D eigenvalue weighted by Crippen LogP contribution is 2.18. The smallest absolute Gasteiger partial charge is 0.111 e. The Morgan fingerprint density at radius 3 is 2.50 bits per heavy atom. The number of pyridine rings is 1. The molecule has 0 aliphatic heterocycles. The van der Waals surface area contributed by atoms with Gasteiger partial charge in [-0.2, -0.15) is 0 Å². The van der Waals surface area contributed by atoms with Crippen molar-refractivity contribution >= 4 is 11.0 Å². The summed E-state index contributed by atoms with van der Waals surface area (Å²) in [5, 5.41) is 8.33. The molecule has 76 valence electrons. The summed E-state index contributed by atoms with van der Waals surface area (Å²) in [5.41, 5.74) is 3.60. The fraction of sp³-hybridized carbons (Fsp3) is 0. The van der Waals surface area contributed by atoms with Crippen molar-refractivity contribution in [1.82, 2.24) is 15.2 Å². The lowest BCUT2D eigenvalue weighted by Gasteiger charge is -2.00. The Balaban J connectivity index is 2.19. The highest BCUT2D eigenvalue weighted by atomic mass is 15.1. The van der Waals surface area contributed by atoms with Crippen LogP contribution in [0.2, 0.25) is 0 Å². The van der Waals surface area contributed by atoms with Crippen molar-refractivity contribution in [3.05, 3.63) is 54.7 Å². The zero-order chi connectivity index (χ0) is 10.8. The molecule has 2 heterocycles. The van der Waals surface area contributed by atoms with Crippen LogP contribution in [0.25, 0.3) is 22.3 Å². The van der Waals surface area contributed by atoms with Crippen LogP contribution < -0.4 is 0 Å². The summed E-state index contributed by atoms with van der Waals surface area (Å²) < 4.78 is 0. The van der Waals surface area contributed by atoms with E-state index in [1.807, 2.05) is 48.5 Å². The first-order valence-electron chi connectivity index (χ1n) is 5.07. The molecule has 3 aromatic rings. The summed E-state index contributed by atoms with van der Waals surface area (Å²) in [6.45, 7) is 0. The van der Waals surface area contributed by atoms with Crippen molar-refractivity contribution < 1.29 is 0 Å². The molecule has 0 bridgehead atoms. The van der Waals surface area contributed by atoms with Crippen LogP contribution in [0.5, 0.6) is 0 Å². The SMILES string of the molecule is c1ccc(-c2cc3ncccc3nn2)cc1. The molecule has 16 heavy (non-hydrogen) atoms. The zero-order valence-corrected chi connectivity index (χ0v) is 8.54. The van der Waals surface area contributed by atoms with Gasteiger partial charge in [-0.15, -0.1) is 10.2 Å². The summed E-state index contributed by atoms with van der Waals surface area (Å²) in [4.78, 5) is 4.26. The normalized spacial score (nSPS) is 10.5. The minimum Gasteiger partial charge on any atom is -0.254 e. The maximum Gasteiger partial charge on any atom is 0.111 e. The first-order valence-corrected chi connectivity index (χ1v) is 5.07. The molecule has 0 spiro atoms. The van der Waals surface area contributed by atoms with Gasteiger partial charge in [0.25, 0.3) is 0 Å².